The van der Waals surface area contributed by atoms with Crippen molar-refractivity contribution in [1.29, 1.82) is 5.26 Å². The van der Waals surface area contributed by atoms with Crippen molar-refractivity contribution in [2.75, 3.05) is 5.32 Å². The molecule has 22 heavy (non-hydrogen) atoms. The molecule has 0 aromatic heterocycles. The van der Waals surface area contributed by atoms with E-state index < -0.39 is 5.91 Å². The van der Waals surface area contributed by atoms with Crippen molar-refractivity contribution in [3.63, 3.8) is 0 Å². The van der Waals surface area contributed by atoms with E-state index in [4.69, 9.17) is 11.0 Å². The summed E-state index contributed by atoms with van der Waals surface area (Å²) in [5.74, 6) is -0.554. The van der Waals surface area contributed by atoms with Crippen molar-refractivity contribution >= 4 is 17.4 Å². The molecule has 0 radical (unpaired) electrons. The number of hydrogen-bond donors (Lipinski definition) is 2. The lowest BCUT2D eigenvalue weighted by Gasteiger charge is -2.10. The summed E-state index contributed by atoms with van der Waals surface area (Å²) in [6, 6.07) is 13.9. The SMILES string of the molecule is CC(=O)c1ccc(C#N)c(NCc2cccc(C(N)=O)c2)c1. The molecule has 2 aromatic rings. The quantitative estimate of drug-likeness (QED) is 0.828. The molecule has 0 heterocycles. The molecule has 2 rings (SSSR count). The van der Waals surface area contributed by atoms with Gasteiger partial charge in [0.2, 0.25) is 5.91 Å². The van der Waals surface area contributed by atoms with Gasteiger partial charge in [-0.1, -0.05) is 12.1 Å². The third kappa shape index (κ3) is 3.49. The van der Waals surface area contributed by atoms with Crippen LogP contribution in [0.3, 0.4) is 0 Å². The van der Waals surface area contributed by atoms with Crippen LogP contribution in [-0.4, -0.2) is 11.7 Å². The van der Waals surface area contributed by atoms with E-state index in [0.29, 0.717) is 28.9 Å². The summed E-state index contributed by atoms with van der Waals surface area (Å²) in [6.45, 7) is 1.89. The Morgan fingerprint density at radius 2 is 1.95 bits per heavy atom. The number of Topliss-reactive ketones (excluding diaryl/α,β-unsaturated/α-hetero) is 1. The van der Waals surface area contributed by atoms with E-state index in [1.807, 2.05) is 6.07 Å². The molecular formula is C17H15N3O2. The van der Waals surface area contributed by atoms with E-state index in [9.17, 15) is 9.59 Å². The molecule has 0 saturated carbocycles. The number of nitrogens with one attached hydrogen (secondary N) is 1. The summed E-state index contributed by atoms with van der Waals surface area (Å²) in [4.78, 5) is 22.6. The number of primary amides is 1. The Morgan fingerprint density at radius 1 is 1.18 bits per heavy atom. The lowest BCUT2D eigenvalue weighted by molar-refractivity contribution is 0.0996. The first kappa shape index (κ1) is 15.3. The van der Waals surface area contributed by atoms with Crippen LogP contribution in [0.1, 0.15) is 38.8 Å². The number of nitrogens with zero attached hydrogens (tertiary/aromatic N) is 1. The molecule has 110 valence electrons. The molecule has 0 spiro atoms. The maximum absolute atomic E-state index is 11.4. The van der Waals surface area contributed by atoms with Crippen molar-refractivity contribution < 1.29 is 9.59 Å². The highest BCUT2D eigenvalue weighted by atomic mass is 16.1. The highest BCUT2D eigenvalue weighted by molar-refractivity contribution is 5.95. The molecule has 3 N–H and O–H groups in total. The molecule has 5 nitrogen and oxygen atoms in total. The number of hydrogen-bond acceptors (Lipinski definition) is 4. The first-order valence-electron chi connectivity index (χ1n) is 6.69. The molecular weight excluding hydrogens is 278 g/mol. The van der Waals surface area contributed by atoms with Gasteiger partial charge in [0.15, 0.2) is 5.78 Å². The molecule has 0 aliphatic carbocycles. The second-order valence-corrected chi connectivity index (χ2v) is 4.85. The third-order valence-electron chi connectivity index (χ3n) is 3.24. The average molecular weight is 293 g/mol. The highest BCUT2D eigenvalue weighted by Crippen LogP contribution is 2.19. The van der Waals surface area contributed by atoms with Gasteiger partial charge in [-0.25, -0.2) is 0 Å². The van der Waals surface area contributed by atoms with Crippen LogP contribution < -0.4 is 11.1 Å². The molecule has 2 aromatic carbocycles. The van der Waals surface area contributed by atoms with Gasteiger partial charge in [-0.2, -0.15) is 5.26 Å². The Labute approximate surface area is 128 Å². The minimum Gasteiger partial charge on any atom is -0.380 e. The number of carbonyl (C=O) groups excluding carboxylic acids is 2. The molecule has 1 amide bonds. The molecule has 0 aliphatic rings. The summed E-state index contributed by atoms with van der Waals surface area (Å²) in [6.07, 6.45) is 0. The maximum atomic E-state index is 11.4. The largest absolute Gasteiger partial charge is 0.380 e. The van der Waals surface area contributed by atoms with Gasteiger partial charge in [0.25, 0.3) is 0 Å². The van der Waals surface area contributed by atoms with Crippen molar-refractivity contribution in [1.82, 2.24) is 0 Å². The van der Waals surface area contributed by atoms with E-state index in [1.165, 1.54) is 6.92 Å². The second-order valence-electron chi connectivity index (χ2n) is 4.85. The summed E-state index contributed by atoms with van der Waals surface area (Å²) < 4.78 is 0. The summed E-state index contributed by atoms with van der Waals surface area (Å²) in [7, 11) is 0. The van der Waals surface area contributed by atoms with Crippen LogP contribution >= 0.6 is 0 Å². The lowest BCUT2D eigenvalue weighted by atomic mass is 10.1. The van der Waals surface area contributed by atoms with Crippen LogP contribution in [0, 0.1) is 11.3 Å². The monoisotopic (exact) mass is 293 g/mol. The number of nitrogens with two attached hydrogens (primary N) is 1. The summed E-state index contributed by atoms with van der Waals surface area (Å²) >= 11 is 0. The van der Waals surface area contributed by atoms with Gasteiger partial charge in [-0.3, -0.25) is 9.59 Å². The number of benzene rings is 2. The van der Waals surface area contributed by atoms with Crippen molar-refractivity contribution in [2.45, 2.75) is 13.5 Å². The minimum atomic E-state index is -0.488. The average Bonchev–Trinajstić information content (AvgIpc) is 2.52. The van der Waals surface area contributed by atoms with Crippen LogP contribution in [0.25, 0.3) is 0 Å². The number of ketones is 1. The zero-order chi connectivity index (χ0) is 16.1. The van der Waals surface area contributed by atoms with Crippen LogP contribution in [0.15, 0.2) is 42.5 Å². The molecule has 0 bridgehead atoms. The maximum Gasteiger partial charge on any atom is 0.248 e. The van der Waals surface area contributed by atoms with Gasteiger partial charge in [-0.05, 0) is 42.8 Å². The molecule has 0 fully saturated rings. The first-order valence-corrected chi connectivity index (χ1v) is 6.69. The molecule has 0 atom stereocenters. The smallest absolute Gasteiger partial charge is 0.248 e. The number of amides is 1. The molecule has 5 heteroatoms. The van der Waals surface area contributed by atoms with Gasteiger partial charge in [-0.15, -0.1) is 0 Å². The van der Waals surface area contributed by atoms with Gasteiger partial charge < -0.3 is 11.1 Å². The zero-order valence-corrected chi connectivity index (χ0v) is 12.1. The number of rotatable bonds is 5. The second kappa shape index (κ2) is 6.55. The Balaban J connectivity index is 2.22. The Bertz CT molecular complexity index is 776. The van der Waals surface area contributed by atoms with E-state index in [-0.39, 0.29) is 5.78 Å². The standard InChI is InChI=1S/C17H15N3O2/c1-11(21)13-5-6-15(9-18)16(8-13)20-10-12-3-2-4-14(7-12)17(19)22/h2-8,20H,10H2,1H3,(H2,19,22). The van der Waals surface area contributed by atoms with Crippen molar-refractivity contribution in [2.24, 2.45) is 5.73 Å². The summed E-state index contributed by atoms with van der Waals surface area (Å²) in [5, 5.41) is 12.2. The van der Waals surface area contributed by atoms with Gasteiger partial charge >= 0.3 is 0 Å². The zero-order valence-electron chi connectivity index (χ0n) is 12.1. The number of nitriles is 1. The fourth-order valence-electron chi connectivity index (χ4n) is 2.04. The van der Waals surface area contributed by atoms with E-state index in [2.05, 4.69) is 11.4 Å². The molecule has 0 unspecified atom stereocenters. The van der Waals surface area contributed by atoms with Gasteiger partial charge in [0.1, 0.15) is 6.07 Å². The Kier molecular flexibility index (Phi) is 4.54. The fourth-order valence-corrected chi connectivity index (χ4v) is 2.04. The minimum absolute atomic E-state index is 0.0664. The molecule has 0 saturated heterocycles. The van der Waals surface area contributed by atoms with Crippen molar-refractivity contribution in [3.05, 3.63) is 64.7 Å². The predicted octanol–water partition coefficient (Wildman–Crippen LogP) is 2.47. The van der Waals surface area contributed by atoms with Crippen molar-refractivity contribution in [3.8, 4) is 6.07 Å². The Morgan fingerprint density at radius 3 is 2.59 bits per heavy atom. The number of carbonyl (C=O) groups is 2. The summed E-state index contributed by atoms with van der Waals surface area (Å²) in [5.41, 5.74) is 8.10. The highest BCUT2D eigenvalue weighted by Gasteiger charge is 2.07. The molecule has 0 aliphatic heterocycles. The van der Waals surface area contributed by atoms with Gasteiger partial charge in [0, 0.05) is 17.7 Å². The topological polar surface area (TPSA) is 96.0 Å². The van der Waals surface area contributed by atoms with Crippen LogP contribution in [0.5, 0.6) is 0 Å². The lowest BCUT2D eigenvalue weighted by Crippen LogP contribution is -2.11. The predicted molar refractivity (Wildman–Crippen MR) is 83.4 cm³/mol. The van der Waals surface area contributed by atoms with E-state index in [0.717, 1.165) is 5.56 Å². The van der Waals surface area contributed by atoms with Crippen LogP contribution in [0.2, 0.25) is 0 Å². The number of anilines is 1. The normalized spacial score (nSPS) is 9.82. The van der Waals surface area contributed by atoms with Crippen LogP contribution in [0.4, 0.5) is 5.69 Å². The first-order chi connectivity index (χ1) is 10.5. The van der Waals surface area contributed by atoms with E-state index >= 15 is 0 Å². The third-order valence-corrected chi connectivity index (χ3v) is 3.24. The van der Waals surface area contributed by atoms with Gasteiger partial charge in [0.05, 0.1) is 11.3 Å². The fraction of sp³-hybridized carbons (Fsp3) is 0.118. The van der Waals surface area contributed by atoms with E-state index in [1.54, 1.807) is 36.4 Å². The van der Waals surface area contributed by atoms with Crippen LogP contribution in [-0.2, 0) is 6.54 Å². The Hall–Kier alpha value is -3.13.